The third kappa shape index (κ3) is 3.08. The Morgan fingerprint density at radius 2 is 2.09 bits per heavy atom. The van der Waals surface area contributed by atoms with Crippen LogP contribution in [0.5, 0.6) is 11.5 Å². The molecule has 0 aliphatic carbocycles. The SMILES string of the molecule is O=C1NCCN1C1CCCN(CC2COc3ccccc3O2)C1. The summed E-state index contributed by atoms with van der Waals surface area (Å²) in [6.45, 7) is 5.02. The zero-order valence-electron chi connectivity index (χ0n) is 13.2. The van der Waals surface area contributed by atoms with Gasteiger partial charge in [0.1, 0.15) is 12.7 Å². The molecule has 0 radical (unpaired) electrons. The maximum Gasteiger partial charge on any atom is 0.317 e. The van der Waals surface area contributed by atoms with Crippen molar-refractivity contribution < 1.29 is 14.3 Å². The van der Waals surface area contributed by atoms with Crippen molar-refractivity contribution in [2.75, 3.05) is 39.3 Å². The Bertz CT molecular complexity index is 580. The molecule has 6 nitrogen and oxygen atoms in total. The first-order valence-electron chi connectivity index (χ1n) is 8.45. The van der Waals surface area contributed by atoms with Gasteiger partial charge < -0.3 is 19.7 Å². The number of nitrogens with zero attached hydrogens (tertiary/aromatic N) is 2. The van der Waals surface area contributed by atoms with Crippen LogP contribution >= 0.6 is 0 Å². The Kier molecular flexibility index (Phi) is 3.99. The summed E-state index contributed by atoms with van der Waals surface area (Å²) in [5.74, 6) is 1.66. The average molecular weight is 317 g/mol. The van der Waals surface area contributed by atoms with E-state index in [9.17, 15) is 4.79 Å². The van der Waals surface area contributed by atoms with E-state index < -0.39 is 0 Å². The van der Waals surface area contributed by atoms with E-state index in [4.69, 9.17) is 9.47 Å². The largest absolute Gasteiger partial charge is 0.486 e. The molecule has 3 aliphatic heterocycles. The standard InChI is InChI=1S/C17H23N3O3/c21-17-18-7-9-20(17)13-4-3-8-19(10-13)11-14-12-22-15-5-1-2-6-16(15)23-14/h1-2,5-6,13-14H,3-4,7-12H2,(H,18,21). The molecule has 4 rings (SSSR count). The number of rotatable bonds is 3. The van der Waals surface area contributed by atoms with Gasteiger partial charge in [0, 0.05) is 32.2 Å². The van der Waals surface area contributed by atoms with E-state index in [1.165, 1.54) is 0 Å². The number of carbonyl (C=O) groups is 1. The van der Waals surface area contributed by atoms with Crippen LogP contribution in [0.2, 0.25) is 0 Å². The number of nitrogens with one attached hydrogen (secondary N) is 1. The van der Waals surface area contributed by atoms with Gasteiger partial charge in [-0.15, -0.1) is 0 Å². The zero-order chi connectivity index (χ0) is 15.6. The molecule has 2 amide bonds. The van der Waals surface area contributed by atoms with E-state index >= 15 is 0 Å². The molecule has 3 heterocycles. The van der Waals surface area contributed by atoms with E-state index in [2.05, 4.69) is 10.2 Å². The van der Waals surface area contributed by atoms with Crippen LogP contribution in [-0.4, -0.2) is 67.3 Å². The lowest BCUT2D eigenvalue weighted by Gasteiger charge is -2.39. The van der Waals surface area contributed by atoms with Crippen molar-refractivity contribution in [3.05, 3.63) is 24.3 Å². The fraction of sp³-hybridized carbons (Fsp3) is 0.588. The number of urea groups is 1. The van der Waals surface area contributed by atoms with Crippen molar-refractivity contribution in [3.63, 3.8) is 0 Å². The summed E-state index contributed by atoms with van der Waals surface area (Å²) in [6, 6.07) is 8.22. The third-order valence-corrected chi connectivity index (χ3v) is 4.84. The number of hydrogen-bond acceptors (Lipinski definition) is 4. The highest BCUT2D eigenvalue weighted by molar-refractivity contribution is 5.76. The molecule has 0 bridgehead atoms. The molecule has 6 heteroatoms. The topological polar surface area (TPSA) is 54.0 Å². The van der Waals surface area contributed by atoms with Gasteiger partial charge in [0.05, 0.1) is 0 Å². The molecule has 1 aromatic carbocycles. The molecule has 2 saturated heterocycles. The first-order valence-corrected chi connectivity index (χ1v) is 8.45. The van der Waals surface area contributed by atoms with E-state index in [1.54, 1.807) is 0 Å². The van der Waals surface area contributed by atoms with Gasteiger partial charge in [0.2, 0.25) is 0 Å². The van der Waals surface area contributed by atoms with Crippen molar-refractivity contribution in [3.8, 4) is 11.5 Å². The number of hydrogen-bond donors (Lipinski definition) is 1. The Labute approximate surface area is 136 Å². The lowest BCUT2D eigenvalue weighted by molar-refractivity contribution is 0.0405. The molecule has 2 unspecified atom stereocenters. The lowest BCUT2D eigenvalue weighted by atomic mass is 10.0. The average Bonchev–Trinajstić information content (AvgIpc) is 3.01. The van der Waals surface area contributed by atoms with Gasteiger partial charge in [-0.2, -0.15) is 0 Å². The molecule has 1 aromatic rings. The van der Waals surface area contributed by atoms with Crippen LogP contribution in [-0.2, 0) is 0 Å². The predicted molar refractivity (Wildman–Crippen MR) is 85.9 cm³/mol. The summed E-state index contributed by atoms with van der Waals surface area (Å²) in [5, 5.41) is 2.90. The van der Waals surface area contributed by atoms with Gasteiger partial charge in [-0.25, -0.2) is 4.79 Å². The summed E-state index contributed by atoms with van der Waals surface area (Å²) in [5.41, 5.74) is 0. The second-order valence-electron chi connectivity index (χ2n) is 6.48. The van der Waals surface area contributed by atoms with Gasteiger partial charge in [0.25, 0.3) is 0 Å². The minimum Gasteiger partial charge on any atom is -0.486 e. The highest BCUT2D eigenvalue weighted by atomic mass is 16.6. The van der Waals surface area contributed by atoms with Gasteiger partial charge in [-0.1, -0.05) is 12.1 Å². The van der Waals surface area contributed by atoms with Crippen LogP contribution in [0.15, 0.2) is 24.3 Å². The van der Waals surface area contributed by atoms with E-state index in [0.717, 1.165) is 57.1 Å². The summed E-state index contributed by atoms with van der Waals surface area (Å²) >= 11 is 0. The van der Waals surface area contributed by atoms with E-state index in [0.29, 0.717) is 12.6 Å². The monoisotopic (exact) mass is 317 g/mol. The maximum atomic E-state index is 11.9. The van der Waals surface area contributed by atoms with Crippen molar-refractivity contribution >= 4 is 6.03 Å². The Hall–Kier alpha value is -1.95. The number of fused-ring (bicyclic) bond motifs is 1. The number of likely N-dealkylation sites (tertiary alicyclic amines) is 1. The molecule has 1 N–H and O–H groups in total. The number of para-hydroxylation sites is 2. The van der Waals surface area contributed by atoms with E-state index in [-0.39, 0.29) is 12.1 Å². The van der Waals surface area contributed by atoms with Crippen LogP contribution in [0.4, 0.5) is 4.79 Å². The van der Waals surface area contributed by atoms with Crippen molar-refractivity contribution in [2.24, 2.45) is 0 Å². The number of ether oxygens (including phenoxy) is 2. The molecular weight excluding hydrogens is 294 g/mol. The van der Waals surface area contributed by atoms with Gasteiger partial charge in [0.15, 0.2) is 11.5 Å². The fourth-order valence-electron chi connectivity index (χ4n) is 3.73. The Morgan fingerprint density at radius 3 is 2.91 bits per heavy atom. The molecule has 23 heavy (non-hydrogen) atoms. The van der Waals surface area contributed by atoms with Crippen molar-refractivity contribution in [1.29, 1.82) is 0 Å². The number of carbonyl (C=O) groups excluding carboxylic acids is 1. The second-order valence-corrected chi connectivity index (χ2v) is 6.48. The maximum absolute atomic E-state index is 11.9. The van der Waals surface area contributed by atoms with Crippen LogP contribution in [0.1, 0.15) is 12.8 Å². The van der Waals surface area contributed by atoms with Gasteiger partial charge in [-0.3, -0.25) is 4.90 Å². The highest BCUT2D eigenvalue weighted by Gasteiger charge is 2.32. The highest BCUT2D eigenvalue weighted by Crippen LogP contribution is 2.31. The normalized spacial score (nSPS) is 27.8. The van der Waals surface area contributed by atoms with Crippen LogP contribution in [0.25, 0.3) is 0 Å². The van der Waals surface area contributed by atoms with Crippen molar-refractivity contribution in [1.82, 2.24) is 15.1 Å². The molecule has 0 saturated carbocycles. The summed E-state index contributed by atoms with van der Waals surface area (Å²) in [4.78, 5) is 16.2. The van der Waals surface area contributed by atoms with Gasteiger partial charge >= 0.3 is 6.03 Å². The Balaban J connectivity index is 1.35. The predicted octanol–water partition coefficient (Wildman–Crippen LogP) is 1.32. The van der Waals surface area contributed by atoms with E-state index in [1.807, 2.05) is 29.2 Å². The first kappa shape index (κ1) is 14.6. The molecule has 0 aromatic heterocycles. The fourth-order valence-corrected chi connectivity index (χ4v) is 3.73. The molecule has 2 fully saturated rings. The zero-order valence-corrected chi connectivity index (χ0v) is 13.2. The molecule has 124 valence electrons. The molecule has 2 atom stereocenters. The molecule has 3 aliphatic rings. The number of benzene rings is 1. The number of amides is 2. The third-order valence-electron chi connectivity index (χ3n) is 4.84. The minimum absolute atomic E-state index is 0.0519. The van der Waals surface area contributed by atoms with Crippen LogP contribution in [0.3, 0.4) is 0 Å². The number of piperidine rings is 1. The Morgan fingerprint density at radius 1 is 1.22 bits per heavy atom. The lowest BCUT2D eigenvalue weighted by Crippen LogP contribution is -2.52. The summed E-state index contributed by atoms with van der Waals surface area (Å²) < 4.78 is 11.9. The van der Waals surface area contributed by atoms with Crippen molar-refractivity contribution in [2.45, 2.75) is 25.0 Å². The molecular formula is C17H23N3O3. The van der Waals surface area contributed by atoms with Crippen LogP contribution in [0, 0.1) is 0 Å². The summed E-state index contributed by atoms with van der Waals surface area (Å²) in [6.07, 6.45) is 2.27. The summed E-state index contributed by atoms with van der Waals surface area (Å²) in [7, 11) is 0. The quantitative estimate of drug-likeness (QED) is 0.913. The first-order chi connectivity index (χ1) is 11.3. The smallest absolute Gasteiger partial charge is 0.317 e. The van der Waals surface area contributed by atoms with Gasteiger partial charge in [-0.05, 0) is 31.5 Å². The van der Waals surface area contributed by atoms with Crippen LogP contribution < -0.4 is 14.8 Å². The second kappa shape index (κ2) is 6.28. The minimum atomic E-state index is 0.0519. The molecule has 0 spiro atoms.